The molecule has 7 heteroatoms. The van der Waals surface area contributed by atoms with Gasteiger partial charge in [0.1, 0.15) is 34.3 Å². The Hall–Kier alpha value is -3.48. The second-order valence-electron chi connectivity index (χ2n) is 9.14. The highest BCUT2D eigenvalue weighted by Gasteiger charge is 2.25. The summed E-state index contributed by atoms with van der Waals surface area (Å²) in [6.45, 7) is 2.72. The van der Waals surface area contributed by atoms with Gasteiger partial charge in [-0.3, -0.25) is 9.79 Å². The van der Waals surface area contributed by atoms with Gasteiger partial charge in [0, 0.05) is 30.3 Å². The smallest absolute Gasteiger partial charge is 0.197 e. The fourth-order valence-electron chi connectivity index (χ4n) is 5.03. The van der Waals surface area contributed by atoms with Crippen LogP contribution in [0.2, 0.25) is 0 Å². The van der Waals surface area contributed by atoms with Gasteiger partial charge >= 0.3 is 0 Å². The lowest BCUT2D eigenvalue weighted by Gasteiger charge is -2.17. The van der Waals surface area contributed by atoms with Crippen LogP contribution in [0.4, 0.5) is 0 Å². The third-order valence-electron chi connectivity index (χ3n) is 6.74. The van der Waals surface area contributed by atoms with E-state index in [0.29, 0.717) is 35.1 Å². The molecule has 0 aliphatic heterocycles. The maximum Gasteiger partial charge on any atom is 0.197 e. The van der Waals surface area contributed by atoms with Gasteiger partial charge in [0.05, 0.1) is 18.9 Å². The third-order valence-corrected chi connectivity index (χ3v) is 6.74. The van der Waals surface area contributed by atoms with E-state index in [-0.39, 0.29) is 34.4 Å². The summed E-state index contributed by atoms with van der Waals surface area (Å²) in [7, 11) is 1.61. The number of hydrogen-bond donors (Lipinski definition) is 1. The van der Waals surface area contributed by atoms with Crippen LogP contribution in [-0.2, 0) is 0 Å². The predicted molar refractivity (Wildman–Crippen MR) is 135 cm³/mol. The van der Waals surface area contributed by atoms with Crippen LogP contribution in [0.5, 0.6) is 23.0 Å². The molecule has 5 rings (SSSR count). The molecule has 0 bridgehead atoms. The minimum atomic E-state index is -0.325. The van der Waals surface area contributed by atoms with Crippen LogP contribution in [0, 0.1) is 0 Å². The fourth-order valence-corrected chi connectivity index (χ4v) is 5.03. The Balaban J connectivity index is 1.50. The largest absolute Gasteiger partial charge is 0.507 e. The van der Waals surface area contributed by atoms with E-state index < -0.39 is 0 Å². The van der Waals surface area contributed by atoms with Crippen molar-refractivity contribution in [1.82, 2.24) is 0 Å². The molecule has 1 heterocycles. The normalized spacial score (nSPS) is 19.5. The van der Waals surface area contributed by atoms with Crippen LogP contribution in [0.1, 0.15) is 51.9 Å². The van der Waals surface area contributed by atoms with E-state index in [0.717, 1.165) is 50.7 Å². The van der Waals surface area contributed by atoms with E-state index in [1.807, 2.05) is 25.1 Å². The van der Waals surface area contributed by atoms with Crippen LogP contribution in [0.3, 0.4) is 0 Å². The fraction of sp³-hybridized carbons (Fsp3) is 0.429. The van der Waals surface area contributed by atoms with Gasteiger partial charge in [0.25, 0.3) is 0 Å². The molecule has 2 saturated carbocycles. The highest BCUT2D eigenvalue weighted by atomic mass is 16.5. The van der Waals surface area contributed by atoms with Gasteiger partial charge in [-0.15, -0.1) is 0 Å². The highest BCUT2D eigenvalue weighted by molar-refractivity contribution is 5.91. The molecule has 2 aliphatic rings. The van der Waals surface area contributed by atoms with Gasteiger partial charge < -0.3 is 23.7 Å². The van der Waals surface area contributed by atoms with E-state index in [1.54, 1.807) is 13.2 Å². The Labute approximate surface area is 204 Å². The SMILES string of the molecule is CCN=C1CCCC1Oc1cc(O)c2c(=O)cc(-c3ccc(OC)c(OC4CCCC4)c3)oc2c1. The number of fused-ring (bicyclic) bond motifs is 1. The zero-order valence-electron chi connectivity index (χ0n) is 20.2. The second kappa shape index (κ2) is 10.0. The van der Waals surface area contributed by atoms with Gasteiger partial charge in [-0.05, 0) is 70.1 Å². The highest BCUT2D eigenvalue weighted by Crippen LogP contribution is 2.37. The molecule has 1 aromatic heterocycles. The molecule has 0 amide bonds. The molecule has 2 aromatic carbocycles. The van der Waals surface area contributed by atoms with Crippen molar-refractivity contribution in [1.29, 1.82) is 0 Å². The number of aliphatic imine (C=N–C) groups is 1. The molecule has 7 nitrogen and oxygen atoms in total. The van der Waals surface area contributed by atoms with Gasteiger partial charge in [-0.1, -0.05) is 0 Å². The minimum Gasteiger partial charge on any atom is -0.507 e. The summed E-state index contributed by atoms with van der Waals surface area (Å²) in [4.78, 5) is 17.5. The monoisotopic (exact) mass is 477 g/mol. The molecule has 0 radical (unpaired) electrons. The molecule has 35 heavy (non-hydrogen) atoms. The quantitative estimate of drug-likeness (QED) is 0.456. The number of rotatable bonds is 7. The lowest BCUT2D eigenvalue weighted by molar-refractivity contribution is 0.201. The standard InChI is InChI=1S/C28H31NO6/c1-3-29-20-9-6-10-23(20)34-19-14-21(30)28-22(31)16-25(35-27(28)15-19)17-11-12-24(32-2)26(13-17)33-18-7-4-5-8-18/h11-16,18,23,30H,3-10H2,1-2H3. The first-order valence-electron chi connectivity index (χ1n) is 12.4. The molecule has 1 N–H and O–H groups in total. The maximum atomic E-state index is 12.9. The Bertz CT molecular complexity index is 1300. The average molecular weight is 478 g/mol. The van der Waals surface area contributed by atoms with Crippen LogP contribution in [-0.4, -0.2) is 36.7 Å². The van der Waals surface area contributed by atoms with Crippen LogP contribution in [0.15, 0.2) is 50.6 Å². The summed E-state index contributed by atoms with van der Waals surface area (Å²) >= 11 is 0. The first-order valence-corrected chi connectivity index (χ1v) is 12.4. The number of phenols is 1. The van der Waals surface area contributed by atoms with Crippen molar-refractivity contribution in [3.05, 3.63) is 46.6 Å². The number of benzene rings is 2. The van der Waals surface area contributed by atoms with Gasteiger partial charge in [0.2, 0.25) is 0 Å². The van der Waals surface area contributed by atoms with E-state index in [2.05, 4.69) is 4.99 Å². The topological polar surface area (TPSA) is 90.5 Å². The summed E-state index contributed by atoms with van der Waals surface area (Å²) < 4.78 is 24.0. The molecule has 3 aromatic rings. The zero-order valence-corrected chi connectivity index (χ0v) is 20.2. The predicted octanol–water partition coefficient (Wildman–Crippen LogP) is 5.89. The molecule has 0 spiro atoms. The first-order chi connectivity index (χ1) is 17.1. The lowest BCUT2D eigenvalue weighted by Crippen LogP contribution is -2.21. The van der Waals surface area contributed by atoms with E-state index >= 15 is 0 Å². The first kappa shape index (κ1) is 23.3. The van der Waals surface area contributed by atoms with Crippen LogP contribution >= 0.6 is 0 Å². The molecule has 184 valence electrons. The zero-order chi connectivity index (χ0) is 24.4. The van der Waals surface area contributed by atoms with E-state index in [4.69, 9.17) is 18.6 Å². The van der Waals surface area contributed by atoms with Crippen molar-refractivity contribution in [2.24, 2.45) is 4.99 Å². The summed E-state index contributed by atoms with van der Waals surface area (Å²) in [5, 5.41) is 10.7. The number of aromatic hydroxyl groups is 1. The Morgan fingerprint density at radius 1 is 1.03 bits per heavy atom. The summed E-state index contributed by atoms with van der Waals surface area (Å²) in [5.41, 5.74) is 1.67. The molecule has 2 aliphatic carbocycles. The Kier molecular flexibility index (Phi) is 6.66. The van der Waals surface area contributed by atoms with Crippen molar-refractivity contribution in [2.75, 3.05) is 13.7 Å². The molecular formula is C28H31NO6. The van der Waals surface area contributed by atoms with Gasteiger partial charge in [-0.2, -0.15) is 0 Å². The molecular weight excluding hydrogens is 446 g/mol. The number of phenolic OH excluding ortho intramolecular Hbond substituents is 1. The third kappa shape index (κ3) is 4.85. The number of methoxy groups -OCH3 is 1. The van der Waals surface area contributed by atoms with Crippen molar-refractivity contribution in [3.8, 4) is 34.3 Å². The molecule has 0 saturated heterocycles. The van der Waals surface area contributed by atoms with Crippen molar-refractivity contribution in [3.63, 3.8) is 0 Å². The molecule has 1 unspecified atom stereocenters. The van der Waals surface area contributed by atoms with Gasteiger partial charge in [0.15, 0.2) is 16.9 Å². The van der Waals surface area contributed by atoms with Crippen molar-refractivity contribution >= 4 is 16.7 Å². The minimum absolute atomic E-state index is 0.126. The van der Waals surface area contributed by atoms with Crippen LogP contribution < -0.4 is 19.6 Å². The average Bonchev–Trinajstić information content (AvgIpc) is 3.51. The molecule has 1 atom stereocenters. The lowest BCUT2D eigenvalue weighted by atomic mass is 10.1. The number of ether oxygens (including phenoxy) is 3. The summed E-state index contributed by atoms with van der Waals surface area (Å²) in [6, 6.07) is 10.0. The molecule has 2 fully saturated rings. The number of hydrogen-bond acceptors (Lipinski definition) is 7. The van der Waals surface area contributed by atoms with Gasteiger partial charge in [-0.25, -0.2) is 0 Å². The second-order valence-corrected chi connectivity index (χ2v) is 9.14. The summed E-state index contributed by atoms with van der Waals surface area (Å²) in [6.07, 6.45) is 7.20. The van der Waals surface area contributed by atoms with Crippen molar-refractivity contribution in [2.45, 2.75) is 64.1 Å². The summed E-state index contributed by atoms with van der Waals surface area (Å²) in [5.74, 6) is 1.93. The van der Waals surface area contributed by atoms with E-state index in [9.17, 15) is 9.90 Å². The van der Waals surface area contributed by atoms with Crippen molar-refractivity contribution < 1.29 is 23.7 Å². The Morgan fingerprint density at radius 2 is 1.86 bits per heavy atom. The maximum absolute atomic E-state index is 12.9. The van der Waals surface area contributed by atoms with Crippen LogP contribution in [0.25, 0.3) is 22.3 Å². The number of nitrogens with zero attached hydrogens (tertiary/aromatic N) is 1. The van der Waals surface area contributed by atoms with E-state index in [1.165, 1.54) is 12.1 Å². The Morgan fingerprint density at radius 3 is 2.63 bits per heavy atom.